The predicted octanol–water partition coefficient (Wildman–Crippen LogP) is 4.51. The molecule has 24 heavy (non-hydrogen) atoms. The van der Waals surface area contributed by atoms with Crippen molar-refractivity contribution in [2.24, 2.45) is 0 Å². The molecule has 0 heterocycles. The van der Waals surface area contributed by atoms with Gasteiger partial charge in [0.25, 0.3) is 0 Å². The van der Waals surface area contributed by atoms with Crippen LogP contribution >= 0.6 is 23.2 Å². The second kappa shape index (κ2) is 8.66. The van der Waals surface area contributed by atoms with Gasteiger partial charge in [-0.1, -0.05) is 23.2 Å². The minimum absolute atomic E-state index is 0.341. The van der Waals surface area contributed by atoms with Crippen LogP contribution in [0.4, 0.5) is 10.5 Å². The Labute approximate surface area is 150 Å². The Morgan fingerprint density at radius 2 is 1.92 bits per heavy atom. The lowest BCUT2D eigenvalue weighted by Crippen LogP contribution is -2.32. The van der Waals surface area contributed by atoms with Crippen LogP contribution in [-0.2, 0) is 0 Å². The number of hydrogen-bond donors (Lipinski definition) is 2. The molecule has 7 heteroatoms. The zero-order valence-electron chi connectivity index (χ0n) is 13.4. The summed E-state index contributed by atoms with van der Waals surface area (Å²) < 4.78 is 10.6. The van der Waals surface area contributed by atoms with E-state index in [0.717, 1.165) is 5.56 Å². The van der Waals surface area contributed by atoms with Crippen molar-refractivity contribution < 1.29 is 14.3 Å². The first-order valence-corrected chi connectivity index (χ1v) is 8.02. The number of ether oxygens (including phenoxy) is 2. The highest BCUT2D eigenvalue weighted by Gasteiger charge is 2.05. The number of aryl methyl sites for hydroxylation is 1. The van der Waals surface area contributed by atoms with Gasteiger partial charge in [-0.2, -0.15) is 0 Å². The number of carbonyl (C=O) groups is 1. The fraction of sp³-hybridized carbons (Fsp3) is 0.235. The molecule has 0 aliphatic heterocycles. The van der Waals surface area contributed by atoms with Crippen molar-refractivity contribution >= 4 is 34.9 Å². The van der Waals surface area contributed by atoms with E-state index in [2.05, 4.69) is 10.6 Å². The number of hydrogen-bond acceptors (Lipinski definition) is 3. The molecule has 0 aliphatic rings. The van der Waals surface area contributed by atoms with Gasteiger partial charge >= 0.3 is 6.03 Å². The Morgan fingerprint density at radius 1 is 1.12 bits per heavy atom. The second-order valence-electron chi connectivity index (χ2n) is 4.99. The van der Waals surface area contributed by atoms with Gasteiger partial charge in [-0.15, -0.1) is 0 Å². The molecule has 2 N–H and O–H groups in total. The molecule has 2 aromatic rings. The van der Waals surface area contributed by atoms with Gasteiger partial charge in [-0.25, -0.2) is 4.79 Å². The van der Waals surface area contributed by atoms with Crippen LogP contribution < -0.4 is 20.1 Å². The molecule has 0 saturated heterocycles. The molecule has 0 bridgehead atoms. The number of benzene rings is 2. The molecule has 5 nitrogen and oxygen atoms in total. The number of urea groups is 1. The van der Waals surface area contributed by atoms with E-state index in [9.17, 15) is 4.79 Å². The SMILES string of the molecule is COc1ccc(NC(=O)NCCOc2ccc(Cl)c(C)c2)cc1Cl. The van der Waals surface area contributed by atoms with Gasteiger partial charge in [-0.05, 0) is 48.9 Å². The first-order valence-electron chi connectivity index (χ1n) is 7.27. The maximum Gasteiger partial charge on any atom is 0.319 e. The summed E-state index contributed by atoms with van der Waals surface area (Å²) in [6.07, 6.45) is 0. The van der Waals surface area contributed by atoms with E-state index >= 15 is 0 Å². The fourth-order valence-electron chi connectivity index (χ4n) is 1.96. The van der Waals surface area contributed by atoms with Gasteiger partial charge in [0.15, 0.2) is 0 Å². The van der Waals surface area contributed by atoms with Gasteiger partial charge in [0.1, 0.15) is 18.1 Å². The van der Waals surface area contributed by atoms with Crippen molar-refractivity contribution in [3.8, 4) is 11.5 Å². The van der Waals surface area contributed by atoms with Gasteiger partial charge in [0.2, 0.25) is 0 Å². The van der Waals surface area contributed by atoms with E-state index in [0.29, 0.717) is 40.4 Å². The molecule has 2 aromatic carbocycles. The number of anilines is 1. The zero-order chi connectivity index (χ0) is 17.5. The van der Waals surface area contributed by atoms with Crippen LogP contribution in [-0.4, -0.2) is 26.3 Å². The van der Waals surface area contributed by atoms with Crippen LogP contribution in [0.15, 0.2) is 36.4 Å². The molecule has 2 rings (SSSR count). The molecule has 0 atom stereocenters. The van der Waals surface area contributed by atoms with E-state index in [1.54, 1.807) is 30.3 Å². The summed E-state index contributed by atoms with van der Waals surface area (Å²) >= 11 is 12.0. The molecule has 0 unspecified atom stereocenters. The number of carbonyl (C=O) groups excluding carboxylic acids is 1. The van der Waals surface area contributed by atoms with Crippen molar-refractivity contribution in [2.45, 2.75) is 6.92 Å². The van der Waals surface area contributed by atoms with Crippen LogP contribution in [0.2, 0.25) is 10.0 Å². The summed E-state index contributed by atoms with van der Waals surface area (Å²) in [6, 6.07) is 10.1. The molecule has 128 valence electrons. The number of halogens is 2. The first kappa shape index (κ1) is 18.2. The molecule has 0 fully saturated rings. The molecule has 0 aliphatic carbocycles. The molecule has 0 radical (unpaired) electrons. The average Bonchev–Trinajstić information content (AvgIpc) is 2.55. The summed E-state index contributed by atoms with van der Waals surface area (Å²) in [5.74, 6) is 1.26. The smallest absolute Gasteiger partial charge is 0.319 e. The Bertz CT molecular complexity index is 723. The lowest BCUT2D eigenvalue weighted by molar-refractivity contribution is 0.247. The predicted molar refractivity (Wildman–Crippen MR) is 96.7 cm³/mol. The van der Waals surface area contributed by atoms with Gasteiger partial charge in [0.05, 0.1) is 18.7 Å². The highest BCUT2D eigenvalue weighted by molar-refractivity contribution is 6.32. The summed E-state index contributed by atoms with van der Waals surface area (Å²) in [5, 5.41) is 6.51. The number of nitrogens with one attached hydrogen (secondary N) is 2. The van der Waals surface area contributed by atoms with Crippen molar-refractivity contribution in [1.29, 1.82) is 0 Å². The lowest BCUT2D eigenvalue weighted by Gasteiger charge is -2.11. The molecule has 0 spiro atoms. The van der Waals surface area contributed by atoms with E-state index in [-0.39, 0.29) is 6.03 Å². The van der Waals surface area contributed by atoms with Gasteiger partial charge in [0, 0.05) is 10.7 Å². The van der Waals surface area contributed by atoms with Crippen molar-refractivity contribution in [2.75, 3.05) is 25.6 Å². The minimum Gasteiger partial charge on any atom is -0.495 e. The molecular formula is C17H18Cl2N2O3. The number of amides is 2. The van der Waals surface area contributed by atoms with Crippen LogP contribution in [0.3, 0.4) is 0 Å². The topological polar surface area (TPSA) is 59.6 Å². The monoisotopic (exact) mass is 368 g/mol. The summed E-state index contributed by atoms with van der Waals surface area (Å²) in [7, 11) is 1.53. The highest BCUT2D eigenvalue weighted by Crippen LogP contribution is 2.27. The maximum atomic E-state index is 11.8. The van der Waals surface area contributed by atoms with Crippen LogP contribution in [0.1, 0.15) is 5.56 Å². The first-order chi connectivity index (χ1) is 11.5. The summed E-state index contributed by atoms with van der Waals surface area (Å²) in [4.78, 5) is 11.8. The van der Waals surface area contributed by atoms with Crippen LogP contribution in [0.25, 0.3) is 0 Å². The fourth-order valence-corrected chi connectivity index (χ4v) is 2.34. The molecule has 2 amide bonds. The van der Waals surface area contributed by atoms with Crippen LogP contribution in [0, 0.1) is 6.92 Å². The van der Waals surface area contributed by atoms with E-state index in [4.69, 9.17) is 32.7 Å². The Hall–Kier alpha value is -2.11. The zero-order valence-corrected chi connectivity index (χ0v) is 14.9. The number of rotatable bonds is 6. The van der Waals surface area contributed by atoms with Gasteiger partial charge in [-0.3, -0.25) is 0 Å². The molecular weight excluding hydrogens is 351 g/mol. The lowest BCUT2D eigenvalue weighted by atomic mass is 10.2. The summed E-state index contributed by atoms with van der Waals surface area (Å²) in [6.45, 7) is 2.61. The largest absolute Gasteiger partial charge is 0.495 e. The molecule has 0 aromatic heterocycles. The third-order valence-electron chi connectivity index (χ3n) is 3.20. The maximum absolute atomic E-state index is 11.8. The van der Waals surface area contributed by atoms with Crippen molar-refractivity contribution in [1.82, 2.24) is 5.32 Å². The Balaban J connectivity index is 1.75. The Kier molecular flexibility index (Phi) is 6.58. The van der Waals surface area contributed by atoms with Crippen molar-refractivity contribution in [3.05, 3.63) is 52.0 Å². The number of methoxy groups -OCH3 is 1. The van der Waals surface area contributed by atoms with Gasteiger partial charge < -0.3 is 20.1 Å². The minimum atomic E-state index is -0.341. The Morgan fingerprint density at radius 3 is 2.58 bits per heavy atom. The normalized spacial score (nSPS) is 10.2. The molecule has 0 saturated carbocycles. The standard InChI is InChI=1S/C17H18Cl2N2O3/c1-11-9-13(4-5-14(11)18)24-8-7-20-17(22)21-12-3-6-16(23-2)15(19)10-12/h3-6,9-10H,7-8H2,1-2H3,(H2,20,21,22). The quantitative estimate of drug-likeness (QED) is 0.737. The third kappa shape index (κ3) is 5.22. The van der Waals surface area contributed by atoms with Crippen LogP contribution in [0.5, 0.6) is 11.5 Å². The second-order valence-corrected chi connectivity index (χ2v) is 5.80. The average molecular weight is 369 g/mol. The van der Waals surface area contributed by atoms with Crippen molar-refractivity contribution in [3.63, 3.8) is 0 Å². The van der Waals surface area contributed by atoms with E-state index < -0.39 is 0 Å². The summed E-state index contributed by atoms with van der Waals surface area (Å²) in [5.41, 5.74) is 1.52. The third-order valence-corrected chi connectivity index (χ3v) is 3.91. The highest BCUT2D eigenvalue weighted by atomic mass is 35.5. The van der Waals surface area contributed by atoms with E-state index in [1.807, 2.05) is 13.0 Å². The van der Waals surface area contributed by atoms with E-state index in [1.165, 1.54) is 7.11 Å².